The van der Waals surface area contributed by atoms with Crippen LogP contribution in [0.5, 0.6) is 0 Å². The second-order valence-electron chi connectivity index (χ2n) is 3.66. The van der Waals surface area contributed by atoms with Gasteiger partial charge in [0.25, 0.3) is 0 Å². The molecule has 0 saturated carbocycles. The summed E-state index contributed by atoms with van der Waals surface area (Å²) in [6.07, 6.45) is 4.23. The molecule has 0 atom stereocenters. The number of nitrogens with one attached hydrogen (secondary N) is 1. The lowest BCUT2D eigenvalue weighted by molar-refractivity contribution is 0.503. The molecule has 3 rings (SSSR count). The van der Waals surface area contributed by atoms with Gasteiger partial charge in [0.05, 0.1) is 11.9 Å². The molecule has 5 nitrogen and oxygen atoms in total. The summed E-state index contributed by atoms with van der Waals surface area (Å²) < 4.78 is 7.02. The molecule has 3 heterocycles. The summed E-state index contributed by atoms with van der Waals surface area (Å²) in [6.45, 7) is 3.91. The van der Waals surface area contributed by atoms with Crippen LogP contribution < -0.4 is 5.32 Å². The van der Waals surface area contributed by atoms with Gasteiger partial charge in [-0.25, -0.2) is 4.98 Å². The molecule has 0 aliphatic carbocycles. The Balaban J connectivity index is 2.13. The van der Waals surface area contributed by atoms with Crippen molar-refractivity contribution in [3.8, 4) is 6.01 Å². The van der Waals surface area contributed by atoms with E-state index in [1.54, 1.807) is 17.1 Å². The molecule has 0 spiro atoms. The predicted octanol–water partition coefficient (Wildman–Crippen LogP) is 0.814. The van der Waals surface area contributed by atoms with Gasteiger partial charge in [-0.15, -0.1) is 0 Å². The van der Waals surface area contributed by atoms with Crippen molar-refractivity contribution < 1.29 is 4.42 Å². The van der Waals surface area contributed by atoms with Crippen molar-refractivity contribution in [2.45, 2.75) is 19.9 Å². The monoisotopic (exact) mass is 204 g/mol. The second kappa shape index (κ2) is 3.20. The Labute approximate surface area is 87.1 Å². The Bertz CT molecular complexity index is 472. The Morgan fingerprint density at radius 1 is 1.53 bits per heavy atom. The zero-order valence-corrected chi connectivity index (χ0v) is 8.53. The normalized spacial score (nSPS) is 15.3. The standard InChI is InChI=1S/C10H12N4O/c1-7-8-2-3-11-6-9(8)13-14(7)10-12-4-5-15-10/h4-5,11H,2-3,6H2,1H3. The molecule has 78 valence electrons. The Morgan fingerprint density at radius 3 is 3.20 bits per heavy atom. The van der Waals surface area contributed by atoms with Crippen LogP contribution in [-0.2, 0) is 13.0 Å². The number of hydrogen-bond acceptors (Lipinski definition) is 4. The first-order valence-electron chi connectivity index (χ1n) is 5.04. The van der Waals surface area contributed by atoms with Crippen molar-refractivity contribution in [3.63, 3.8) is 0 Å². The second-order valence-corrected chi connectivity index (χ2v) is 3.66. The molecule has 0 radical (unpaired) electrons. The minimum Gasteiger partial charge on any atom is -0.431 e. The highest BCUT2D eigenvalue weighted by Crippen LogP contribution is 2.19. The Kier molecular flexibility index (Phi) is 1.85. The van der Waals surface area contributed by atoms with Gasteiger partial charge in [0.15, 0.2) is 0 Å². The quantitative estimate of drug-likeness (QED) is 0.747. The van der Waals surface area contributed by atoms with Gasteiger partial charge in [-0.2, -0.15) is 9.78 Å². The molecule has 1 aliphatic heterocycles. The first-order valence-corrected chi connectivity index (χ1v) is 5.04. The molecular formula is C10H12N4O. The van der Waals surface area contributed by atoms with Gasteiger partial charge in [0.2, 0.25) is 0 Å². The fourth-order valence-corrected chi connectivity index (χ4v) is 1.99. The molecule has 0 amide bonds. The van der Waals surface area contributed by atoms with Gasteiger partial charge in [-0.3, -0.25) is 0 Å². The lowest BCUT2D eigenvalue weighted by Gasteiger charge is -2.10. The number of nitrogens with zero attached hydrogens (tertiary/aromatic N) is 3. The Hall–Kier alpha value is -1.62. The number of aromatic nitrogens is 3. The average Bonchev–Trinajstić information content (AvgIpc) is 2.87. The van der Waals surface area contributed by atoms with E-state index in [4.69, 9.17) is 4.42 Å². The van der Waals surface area contributed by atoms with Crippen LogP contribution in [-0.4, -0.2) is 21.3 Å². The molecule has 1 aliphatic rings. The van der Waals surface area contributed by atoms with E-state index in [0.717, 1.165) is 30.9 Å². The maximum atomic E-state index is 5.25. The van der Waals surface area contributed by atoms with E-state index in [1.165, 1.54) is 5.56 Å². The van der Waals surface area contributed by atoms with Gasteiger partial charge in [0.1, 0.15) is 6.26 Å². The van der Waals surface area contributed by atoms with Crippen LogP contribution in [0.15, 0.2) is 16.9 Å². The van der Waals surface area contributed by atoms with Gasteiger partial charge in [-0.05, 0) is 25.5 Å². The van der Waals surface area contributed by atoms with E-state index in [1.807, 2.05) is 0 Å². The lowest BCUT2D eigenvalue weighted by atomic mass is 10.1. The highest BCUT2D eigenvalue weighted by molar-refractivity contribution is 5.31. The fourth-order valence-electron chi connectivity index (χ4n) is 1.99. The number of oxazole rings is 1. The third-order valence-corrected chi connectivity index (χ3v) is 2.77. The van der Waals surface area contributed by atoms with Crippen LogP contribution in [0.1, 0.15) is 17.0 Å². The fraction of sp³-hybridized carbons (Fsp3) is 0.400. The maximum Gasteiger partial charge on any atom is 0.322 e. The summed E-state index contributed by atoms with van der Waals surface area (Å²) in [7, 11) is 0. The van der Waals surface area contributed by atoms with E-state index in [2.05, 4.69) is 22.3 Å². The zero-order chi connectivity index (χ0) is 10.3. The molecule has 0 bridgehead atoms. The minimum atomic E-state index is 0.543. The van der Waals surface area contributed by atoms with E-state index in [-0.39, 0.29) is 0 Å². The maximum absolute atomic E-state index is 5.25. The molecule has 15 heavy (non-hydrogen) atoms. The van der Waals surface area contributed by atoms with Crippen molar-refractivity contribution >= 4 is 0 Å². The zero-order valence-electron chi connectivity index (χ0n) is 8.53. The van der Waals surface area contributed by atoms with E-state index >= 15 is 0 Å². The topological polar surface area (TPSA) is 55.9 Å². The van der Waals surface area contributed by atoms with Crippen LogP contribution in [0, 0.1) is 6.92 Å². The van der Waals surface area contributed by atoms with Crippen LogP contribution in [0.3, 0.4) is 0 Å². The smallest absolute Gasteiger partial charge is 0.322 e. The van der Waals surface area contributed by atoms with E-state index in [0.29, 0.717) is 6.01 Å². The van der Waals surface area contributed by atoms with Gasteiger partial charge < -0.3 is 9.73 Å². The van der Waals surface area contributed by atoms with Gasteiger partial charge in [0, 0.05) is 12.2 Å². The van der Waals surface area contributed by atoms with Crippen molar-refractivity contribution in [1.29, 1.82) is 0 Å². The largest absolute Gasteiger partial charge is 0.431 e. The van der Waals surface area contributed by atoms with Crippen LogP contribution in [0.25, 0.3) is 6.01 Å². The predicted molar refractivity (Wildman–Crippen MR) is 53.8 cm³/mol. The molecule has 2 aromatic heterocycles. The third kappa shape index (κ3) is 1.27. The SMILES string of the molecule is Cc1c2c(nn1-c1ncco1)CNCC2. The third-order valence-electron chi connectivity index (χ3n) is 2.77. The summed E-state index contributed by atoms with van der Waals surface area (Å²) >= 11 is 0. The first-order chi connectivity index (χ1) is 7.36. The Morgan fingerprint density at radius 2 is 2.47 bits per heavy atom. The molecule has 0 saturated heterocycles. The molecule has 1 N–H and O–H groups in total. The molecule has 5 heteroatoms. The summed E-state index contributed by atoms with van der Waals surface area (Å²) in [4.78, 5) is 4.10. The van der Waals surface area contributed by atoms with Crippen molar-refractivity contribution in [2.75, 3.05) is 6.54 Å². The highest BCUT2D eigenvalue weighted by atomic mass is 16.4. The molecule has 2 aromatic rings. The van der Waals surface area contributed by atoms with Crippen LogP contribution >= 0.6 is 0 Å². The van der Waals surface area contributed by atoms with E-state index in [9.17, 15) is 0 Å². The lowest BCUT2D eigenvalue weighted by Crippen LogP contribution is -2.23. The van der Waals surface area contributed by atoms with Crippen molar-refractivity contribution in [2.24, 2.45) is 0 Å². The van der Waals surface area contributed by atoms with Crippen molar-refractivity contribution in [3.05, 3.63) is 29.4 Å². The highest BCUT2D eigenvalue weighted by Gasteiger charge is 2.19. The van der Waals surface area contributed by atoms with Gasteiger partial charge >= 0.3 is 6.01 Å². The molecule has 0 aromatic carbocycles. The minimum absolute atomic E-state index is 0.543. The number of hydrogen-bond donors (Lipinski definition) is 1. The number of rotatable bonds is 1. The summed E-state index contributed by atoms with van der Waals surface area (Å²) in [5.74, 6) is 0. The number of fused-ring (bicyclic) bond motifs is 1. The average molecular weight is 204 g/mol. The summed E-state index contributed by atoms with van der Waals surface area (Å²) in [6, 6.07) is 0.543. The van der Waals surface area contributed by atoms with Crippen molar-refractivity contribution in [1.82, 2.24) is 20.1 Å². The first kappa shape index (κ1) is 8.67. The molecular weight excluding hydrogens is 192 g/mol. The van der Waals surface area contributed by atoms with Gasteiger partial charge in [-0.1, -0.05) is 0 Å². The van der Waals surface area contributed by atoms with E-state index < -0.39 is 0 Å². The molecule has 0 fully saturated rings. The van der Waals surface area contributed by atoms with Crippen LogP contribution in [0.2, 0.25) is 0 Å². The van der Waals surface area contributed by atoms with Crippen LogP contribution in [0.4, 0.5) is 0 Å². The molecule has 0 unspecified atom stereocenters. The summed E-state index contributed by atoms with van der Waals surface area (Å²) in [5.41, 5.74) is 3.57. The summed E-state index contributed by atoms with van der Waals surface area (Å²) in [5, 5.41) is 7.79.